The summed E-state index contributed by atoms with van der Waals surface area (Å²) >= 11 is 3.56. The van der Waals surface area contributed by atoms with Crippen LogP contribution < -0.4 is 10.6 Å². The van der Waals surface area contributed by atoms with E-state index in [9.17, 15) is 0 Å². The van der Waals surface area contributed by atoms with E-state index in [4.69, 9.17) is 0 Å². The van der Waals surface area contributed by atoms with Gasteiger partial charge in [0.1, 0.15) is 0 Å². The molecule has 0 saturated carbocycles. The van der Waals surface area contributed by atoms with Crippen LogP contribution in [0.4, 0.5) is 0 Å². The fourth-order valence-corrected chi connectivity index (χ4v) is 8.63. The van der Waals surface area contributed by atoms with Crippen molar-refractivity contribution in [1.82, 2.24) is 0 Å². The van der Waals surface area contributed by atoms with E-state index in [1.807, 2.05) is 0 Å². The Morgan fingerprint density at radius 2 is 1.33 bits per heavy atom. The Kier molecular flexibility index (Phi) is 2.20. The summed E-state index contributed by atoms with van der Waals surface area (Å²) in [6.45, 7) is 0. The molecule has 0 radical (unpaired) electrons. The third-order valence-electron chi connectivity index (χ3n) is 3.65. The summed E-state index contributed by atoms with van der Waals surface area (Å²) in [6, 6.07) is 17.5. The molecule has 0 bridgehead atoms. The third kappa shape index (κ3) is 1.25. The first-order chi connectivity index (χ1) is 8.80. The first-order valence-electron chi connectivity index (χ1n) is 6.00. The van der Waals surface area contributed by atoms with E-state index in [2.05, 4.69) is 81.9 Å². The van der Waals surface area contributed by atoms with Crippen LogP contribution in [0.3, 0.4) is 0 Å². The second kappa shape index (κ2) is 3.68. The van der Waals surface area contributed by atoms with Gasteiger partial charge in [-0.15, -0.1) is 0 Å². The normalized spacial score (nSPS) is 23.0. The second-order valence-corrected chi connectivity index (χ2v) is 10.8. The summed E-state index contributed by atoms with van der Waals surface area (Å²) < 4.78 is 0. The summed E-state index contributed by atoms with van der Waals surface area (Å²) in [4.78, 5) is 0. The second-order valence-electron chi connectivity index (χ2n) is 4.63. The van der Waals surface area contributed by atoms with Crippen molar-refractivity contribution in [2.75, 3.05) is 0 Å². The molecule has 2 heterocycles. The monoisotopic (exact) mass is 314 g/mol. The minimum absolute atomic E-state index is 1.36. The SMILES string of the molecule is [Se]=P12C(=Cc3ccccc31)C=Cc1ccccc12. The van der Waals surface area contributed by atoms with Crippen molar-refractivity contribution in [3.63, 3.8) is 0 Å². The van der Waals surface area contributed by atoms with Gasteiger partial charge in [-0.05, 0) is 0 Å². The van der Waals surface area contributed by atoms with Crippen molar-refractivity contribution in [3.05, 3.63) is 71.0 Å². The molecular weight excluding hydrogens is 302 g/mol. The van der Waals surface area contributed by atoms with Gasteiger partial charge in [0.2, 0.25) is 0 Å². The van der Waals surface area contributed by atoms with Crippen LogP contribution >= 0.6 is 5.51 Å². The van der Waals surface area contributed by atoms with Gasteiger partial charge in [-0.1, -0.05) is 0 Å². The summed E-state index contributed by atoms with van der Waals surface area (Å²) in [5.74, 6) is 0. The van der Waals surface area contributed by atoms with Crippen molar-refractivity contribution >= 4 is 43.4 Å². The van der Waals surface area contributed by atoms with Crippen molar-refractivity contribution in [1.29, 1.82) is 0 Å². The van der Waals surface area contributed by atoms with Crippen LogP contribution in [-0.2, 0) is 0 Å². The van der Waals surface area contributed by atoms with Crippen molar-refractivity contribution in [2.24, 2.45) is 0 Å². The number of allylic oxidation sites excluding steroid dienone is 2. The van der Waals surface area contributed by atoms with E-state index in [-0.39, 0.29) is 0 Å². The van der Waals surface area contributed by atoms with Crippen LogP contribution in [0.15, 0.2) is 59.9 Å². The topological polar surface area (TPSA) is 0 Å². The van der Waals surface area contributed by atoms with Gasteiger partial charge in [-0.3, -0.25) is 0 Å². The molecule has 1 atom stereocenters. The molecule has 2 aromatic carbocycles. The number of hydrogen-bond acceptors (Lipinski definition) is 0. The number of benzene rings is 2. The molecule has 18 heavy (non-hydrogen) atoms. The fourth-order valence-electron chi connectivity index (χ4n) is 2.80. The van der Waals surface area contributed by atoms with E-state index in [1.165, 1.54) is 27.1 Å². The standard InChI is InChI=1S/C16H11PSe/c18-17-14(11-13-6-2-4-8-16(13)17)10-9-12-5-1-3-7-15(12)17/h1-11H. The van der Waals surface area contributed by atoms with Crippen LogP contribution in [-0.4, -0.2) is 15.1 Å². The minimum atomic E-state index is -1.45. The first kappa shape index (κ1) is 10.8. The van der Waals surface area contributed by atoms with E-state index in [0.29, 0.717) is 0 Å². The van der Waals surface area contributed by atoms with Gasteiger partial charge in [0.25, 0.3) is 0 Å². The summed E-state index contributed by atoms with van der Waals surface area (Å²) in [5, 5.41) is 4.42. The number of rotatable bonds is 0. The van der Waals surface area contributed by atoms with Gasteiger partial charge in [-0.2, -0.15) is 0 Å². The molecule has 0 aromatic heterocycles. The zero-order chi connectivity index (χ0) is 12.2. The predicted octanol–water partition coefficient (Wildman–Crippen LogP) is 3.12. The van der Waals surface area contributed by atoms with E-state index in [1.54, 1.807) is 0 Å². The van der Waals surface area contributed by atoms with Gasteiger partial charge in [0.15, 0.2) is 0 Å². The molecule has 0 spiro atoms. The Morgan fingerprint density at radius 1 is 0.722 bits per heavy atom. The van der Waals surface area contributed by atoms with Crippen LogP contribution in [0.25, 0.3) is 12.2 Å². The molecule has 0 amide bonds. The van der Waals surface area contributed by atoms with Crippen molar-refractivity contribution < 1.29 is 0 Å². The number of hydrogen-bond donors (Lipinski definition) is 0. The summed E-state index contributed by atoms with van der Waals surface area (Å²) in [7, 11) is 0. The van der Waals surface area contributed by atoms with E-state index in [0.717, 1.165) is 0 Å². The molecule has 0 N–H and O–H groups in total. The Bertz CT molecular complexity index is 762. The van der Waals surface area contributed by atoms with Crippen LogP contribution in [0.1, 0.15) is 11.1 Å². The van der Waals surface area contributed by atoms with Gasteiger partial charge in [0.05, 0.1) is 0 Å². The molecule has 2 aliphatic rings. The van der Waals surface area contributed by atoms with Gasteiger partial charge < -0.3 is 0 Å². The fraction of sp³-hybridized carbons (Fsp3) is 0. The Hall–Kier alpha value is -1.13. The van der Waals surface area contributed by atoms with Crippen molar-refractivity contribution in [3.8, 4) is 0 Å². The van der Waals surface area contributed by atoms with Crippen LogP contribution in [0.5, 0.6) is 0 Å². The molecule has 0 nitrogen and oxygen atoms in total. The van der Waals surface area contributed by atoms with Crippen LogP contribution in [0.2, 0.25) is 0 Å². The molecule has 4 rings (SSSR count). The molecule has 2 aliphatic heterocycles. The zero-order valence-electron chi connectivity index (χ0n) is 9.71. The molecule has 1 unspecified atom stereocenters. The van der Waals surface area contributed by atoms with Gasteiger partial charge in [-0.25, -0.2) is 0 Å². The van der Waals surface area contributed by atoms with E-state index < -0.39 is 5.51 Å². The zero-order valence-corrected chi connectivity index (χ0v) is 12.3. The Morgan fingerprint density at radius 3 is 2.11 bits per heavy atom. The average Bonchev–Trinajstić information content (AvgIpc) is 2.73. The maximum absolute atomic E-state index is 3.56. The number of fused-ring (bicyclic) bond motifs is 5. The summed E-state index contributed by atoms with van der Waals surface area (Å²) in [5.41, 5.74) is 1.28. The first-order valence-corrected chi connectivity index (χ1v) is 10.0. The molecule has 2 heteroatoms. The Balaban J connectivity index is 2.13. The third-order valence-corrected chi connectivity index (χ3v) is 10.6. The molecule has 0 aliphatic carbocycles. The van der Waals surface area contributed by atoms with E-state index >= 15 is 0 Å². The van der Waals surface area contributed by atoms with Crippen LogP contribution in [0, 0.1) is 0 Å². The van der Waals surface area contributed by atoms with Crippen molar-refractivity contribution in [2.45, 2.75) is 0 Å². The summed E-state index contributed by atoms with van der Waals surface area (Å²) in [6.07, 6.45) is 6.86. The molecule has 86 valence electrons. The Labute approximate surface area is 114 Å². The molecule has 2 aromatic rings. The molecule has 0 fully saturated rings. The van der Waals surface area contributed by atoms with Gasteiger partial charge >= 0.3 is 114 Å². The van der Waals surface area contributed by atoms with Gasteiger partial charge in [0, 0.05) is 0 Å². The molecular formula is C16H11PSe. The maximum atomic E-state index is 3.56. The quantitative estimate of drug-likeness (QED) is 0.518. The predicted molar refractivity (Wildman–Crippen MR) is 81.8 cm³/mol. The molecule has 0 saturated heterocycles. The average molecular weight is 313 g/mol.